The van der Waals surface area contributed by atoms with E-state index in [9.17, 15) is 9.59 Å². The Morgan fingerprint density at radius 1 is 1.25 bits per heavy atom. The molecule has 1 saturated heterocycles. The largest absolute Gasteiger partial charge is 0.423 e. The third-order valence-electron chi connectivity index (χ3n) is 4.62. The number of aromatic nitrogens is 2. The zero-order valence-electron chi connectivity index (χ0n) is 15.2. The van der Waals surface area contributed by atoms with Crippen LogP contribution >= 0.6 is 11.8 Å². The molecule has 1 aliphatic heterocycles. The van der Waals surface area contributed by atoms with E-state index in [1.165, 1.54) is 6.39 Å². The molecule has 28 heavy (non-hydrogen) atoms. The van der Waals surface area contributed by atoms with Crippen molar-refractivity contribution in [1.29, 1.82) is 0 Å². The second-order valence-corrected chi connectivity index (χ2v) is 7.30. The van der Waals surface area contributed by atoms with Crippen LogP contribution in [0.25, 0.3) is 11.5 Å². The Balaban J connectivity index is 1.44. The third kappa shape index (κ3) is 3.77. The van der Waals surface area contributed by atoms with Gasteiger partial charge < -0.3 is 14.6 Å². The highest BCUT2D eigenvalue weighted by atomic mass is 32.2. The van der Waals surface area contributed by atoms with Crippen LogP contribution in [-0.4, -0.2) is 34.8 Å². The Morgan fingerprint density at radius 3 is 2.79 bits per heavy atom. The van der Waals surface area contributed by atoms with Gasteiger partial charge in [-0.3, -0.25) is 9.59 Å². The minimum absolute atomic E-state index is 0.0448. The minimum atomic E-state index is -0.403. The highest BCUT2D eigenvalue weighted by Crippen LogP contribution is 2.28. The summed E-state index contributed by atoms with van der Waals surface area (Å²) in [7, 11) is 0. The SMILES string of the molecule is CSc1ccc(N2CC(C(=O)Nc3cccc(-c4nnco4)c3)CC2=O)cc1. The van der Waals surface area contributed by atoms with Gasteiger partial charge in [-0.15, -0.1) is 22.0 Å². The van der Waals surface area contributed by atoms with Crippen LogP contribution in [-0.2, 0) is 9.59 Å². The van der Waals surface area contributed by atoms with E-state index in [0.717, 1.165) is 10.6 Å². The zero-order chi connectivity index (χ0) is 19.5. The average molecular weight is 394 g/mol. The number of thioether (sulfide) groups is 1. The van der Waals surface area contributed by atoms with Crippen molar-refractivity contribution in [3.63, 3.8) is 0 Å². The number of carbonyl (C=O) groups excluding carboxylic acids is 2. The number of hydrogen-bond acceptors (Lipinski definition) is 6. The Kier molecular flexibility index (Phi) is 5.12. The molecule has 0 saturated carbocycles. The van der Waals surface area contributed by atoms with Crippen LogP contribution in [0.2, 0.25) is 0 Å². The Bertz CT molecular complexity index is 989. The average Bonchev–Trinajstić information content (AvgIpc) is 3.38. The van der Waals surface area contributed by atoms with Gasteiger partial charge in [0, 0.05) is 34.8 Å². The first-order chi connectivity index (χ1) is 13.6. The maximum absolute atomic E-state index is 12.7. The molecule has 1 fully saturated rings. The second-order valence-electron chi connectivity index (χ2n) is 6.42. The molecule has 8 heteroatoms. The lowest BCUT2D eigenvalue weighted by atomic mass is 10.1. The van der Waals surface area contributed by atoms with Gasteiger partial charge in [-0.05, 0) is 48.7 Å². The number of amides is 2. The van der Waals surface area contributed by atoms with Gasteiger partial charge in [0.25, 0.3) is 0 Å². The van der Waals surface area contributed by atoms with E-state index < -0.39 is 5.92 Å². The molecule has 1 aliphatic rings. The molecule has 7 nitrogen and oxygen atoms in total. The van der Waals surface area contributed by atoms with Gasteiger partial charge in [-0.25, -0.2) is 0 Å². The van der Waals surface area contributed by atoms with Crippen molar-refractivity contribution in [2.75, 3.05) is 23.0 Å². The van der Waals surface area contributed by atoms with Crippen LogP contribution in [0.3, 0.4) is 0 Å². The highest BCUT2D eigenvalue weighted by molar-refractivity contribution is 7.98. The summed E-state index contributed by atoms with van der Waals surface area (Å²) in [5.74, 6) is -0.247. The molecular formula is C20H18N4O3S. The molecular weight excluding hydrogens is 376 g/mol. The summed E-state index contributed by atoms with van der Waals surface area (Å²) >= 11 is 1.64. The van der Waals surface area contributed by atoms with E-state index in [4.69, 9.17) is 4.42 Å². The fourth-order valence-electron chi connectivity index (χ4n) is 3.17. The molecule has 2 amide bonds. The van der Waals surface area contributed by atoms with E-state index in [1.54, 1.807) is 34.9 Å². The summed E-state index contributed by atoms with van der Waals surface area (Å²) < 4.78 is 5.19. The van der Waals surface area contributed by atoms with E-state index >= 15 is 0 Å². The number of benzene rings is 2. The molecule has 0 aliphatic carbocycles. The number of rotatable bonds is 5. The first kappa shape index (κ1) is 18.2. The van der Waals surface area contributed by atoms with Crippen LogP contribution in [0.1, 0.15) is 6.42 Å². The van der Waals surface area contributed by atoms with Gasteiger partial charge in [-0.2, -0.15) is 0 Å². The van der Waals surface area contributed by atoms with Crippen molar-refractivity contribution < 1.29 is 14.0 Å². The summed E-state index contributed by atoms with van der Waals surface area (Å²) in [5.41, 5.74) is 2.15. The smallest absolute Gasteiger partial charge is 0.247 e. The number of nitrogens with zero attached hydrogens (tertiary/aromatic N) is 3. The van der Waals surface area contributed by atoms with E-state index in [-0.39, 0.29) is 18.2 Å². The first-order valence-corrected chi connectivity index (χ1v) is 9.98. The van der Waals surface area contributed by atoms with Crippen molar-refractivity contribution in [1.82, 2.24) is 10.2 Å². The fraction of sp³-hybridized carbons (Fsp3) is 0.200. The van der Waals surface area contributed by atoms with Crippen LogP contribution in [0.15, 0.2) is 64.2 Å². The fourth-order valence-corrected chi connectivity index (χ4v) is 3.58. The molecule has 1 unspecified atom stereocenters. The van der Waals surface area contributed by atoms with Gasteiger partial charge >= 0.3 is 0 Å². The third-order valence-corrected chi connectivity index (χ3v) is 5.36. The van der Waals surface area contributed by atoms with E-state index in [2.05, 4.69) is 15.5 Å². The van der Waals surface area contributed by atoms with Gasteiger partial charge in [0.2, 0.25) is 24.1 Å². The van der Waals surface area contributed by atoms with Gasteiger partial charge in [-0.1, -0.05) is 6.07 Å². The van der Waals surface area contributed by atoms with Crippen LogP contribution in [0, 0.1) is 5.92 Å². The molecule has 1 aromatic heterocycles. The van der Waals surface area contributed by atoms with Crippen LogP contribution in [0.4, 0.5) is 11.4 Å². The maximum atomic E-state index is 12.7. The first-order valence-electron chi connectivity index (χ1n) is 8.76. The van der Waals surface area contributed by atoms with Crippen LogP contribution < -0.4 is 10.2 Å². The molecule has 1 atom stereocenters. The predicted molar refractivity (Wildman–Crippen MR) is 107 cm³/mol. The van der Waals surface area contributed by atoms with Crippen molar-refractivity contribution >= 4 is 35.0 Å². The summed E-state index contributed by atoms with van der Waals surface area (Å²) in [6.45, 7) is 0.368. The number of carbonyl (C=O) groups is 2. The lowest BCUT2D eigenvalue weighted by molar-refractivity contribution is -0.122. The normalized spacial score (nSPS) is 16.4. The molecule has 142 valence electrons. The molecule has 0 bridgehead atoms. The molecule has 4 rings (SSSR count). The van der Waals surface area contributed by atoms with Gasteiger partial charge in [0.05, 0.1) is 5.92 Å². The number of nitrogens with one attached hydrogen (secondary N) is 1. The van der Waals surface area contributed by atoms with E-state index in [1.807, 2.05) is 36.6 Å². The monoisotopic (exact) mass is 394 g/mol. The van der Waals surface area contributed by atoms with Crippen molar-refractivity contribution in [2.24, 2.45) is 5.92 Å². The Hall–Kier alpha value is -3.13. The second kappa shape index (κ2) is 7.85. The zero-order valence-corrected chi connectivity index (χ0v) is 16.0. The minimum Gasteiger partial charge on any atom is -0.423 e. The summed E-state index contributed by atoms with van der Waals surface area (Å²) in [4.78, 5) is 27.9. The predicted octanol–water partition coefficient (Wildman–Crippen LogP) is 3.45. The molecule has 1 N–H and O–H groups in total. The topological polar surface area (TPSA) is 88.3 Å². The van der Waals surface area contributed by atoms with Crippen molar-refractivity contribution in [2.45, 2.75) is 11.3 Å². The summed E-state index contributed by atoms with van der Waals surface area (Å²) in [5, 5.41) is 10.4. The Labute approximate surface area is 166 Å². The molecule has 0 spiro atoms. The lowest BCUT2D eigenvalue weighted by Gasteiger charge is -2.17. The van der Waals surface area contributed by atoms with Gasteiger partial charge in [0.1, 0.15) is 0 Å². The lowest BCUT2D eigenvalue weighted by Crippen LogP contribution is -2.28. The standard InChI is InChI=1S/C20H18N4O3S/c1-28-17-7-5-16(6-8-17)24-11-14(10-18(24)25)19(26)22-15-4-2-3-13(9-15)20-23-21-12-27-20/h2-9,12,14H,10-11H2,1H3,(H,22,26). The molecule has 2 aromatic carbocycles. The van der Waals surface area contributed by atoms with Crippen molar-refractivity contribution in [3.8, 4) is 11.5 Å². The summed E-state index contributed by atoms with van der Waals surface area (Å²) in [6, 6.07) is 15.0. The summed E-state index contributed by atoms with van der Waals surface area (Å²) in [6.07, 6.45) is 3.45. The maximum Gasteiger partial charge on any atom is 0.247 e. The number of anilines is 2. The molecule has 3 aromatic rings. The van der Waals surface area contributed by atoms with E-state index in [0.29, 0.717) is 23.7 Å². The molecule has 0 radical (unpaired) electrons. The highest BCUT2D eigenvalue weighted by Gasteiger charge is 2.35. The number of hydrogen-bond donors (Lipinski definition) is 1. The van der Waals surface area contributed by atoms with Gasteiger partial charge in [0.15, 0.2) is 0 Å². The van der Waals surface area contributed by atoms with Crippen molar-refractivity contribution in [3.05, 3.63) is 54.9 Å². The Morgan fingerprint density at radius 2 is 2.07 bits per heavy atom. The van der Waals surface area contributed by atoms with Crippen LogP contribution in [0.5, 0.6) is 0 Å². The molecule has 2 heterocycles. The quantitative estimate of drug-likeness (QED) is 0.667.